The van der Waals surface area contributed by atoms with E-state index in [0.717, 1.165) is 0 Å². The van der Waals surface area contributed by atoms with Crippen molar-refractivity contribution in [1.82, 2.24) is 0 Å². The Bertz CT molecular complexity index is 375. The van der Waals surface area contributed by atoms with Crippen molar-refractivity contribution in [1.29, 1.82) is 5.26 Å². The highest BCUT2D eigenvalue weighted by Gasteiger charge is 2.13. The maximum absolute atomic E-state index is 13.0. The first-order valence-electron chi connectivity index (χ1n) is 2.84. The van der Waals surface area contributed by atoms with Crippen LogP contribution < -0.4 is 0 Å². The molecule has 1 rings (SSSR count). The van der Waals surface area contributed by atoms with E-state index in [1.807, 2.05) is 0 Å². The molecule has 1 aromatic rings. The van der Waals surface area contributed by atoms with Gasteiger partial charge in [-0.25, -0.2) is 4.39 Å². The maximum atomic E-state index is 13.0. The lowest BCUT2D eigenvalue weighted by Gasteiger charge is -2.01. The van der Waals surface area contributed by atoms with Crippen LogP contribution in [-0.2, 0) is 0 Å². The number of rotatable bonds is 0. The van der Waals surface area contributed by atoms with Crippen LogP contribution in [0, 0.1) is 20.7 Å². The summed E-state index contributed by atoms with van der Waals surface area (Å²) in [6, 6.07) is 3.21. The standard InChI is InChI=1S/C7H2BrFINO/c8-5-3(2-11)1-4(10)7(12)6(5)9/h1,12H. The van der Waals surface area contributed by atoms with Gasteiger partial charge in [-0.15, -0.1) is 0 Å². The van der Waals surface area contributed by atoms with Crippen LogP contribution in [0.1, 0.15) is 5.56 Å². The molecule has 0 atom stereocenters. The van der Waals surface area contributed by atoms with Crippen LogP contribution >= 0.6 is 38.5 Å². The Kier molecular flexibility index (Phi) is 2.90. The minimum Gasteiger partial charge on any atom is -0.504 e. The zero-order valence-corrected chi connectivity index (χ0v) is 9.35. The number of hydrogen-bond acceptors (Lipinski definition) is 2. The van der Waals surface area contributed by atoms with Gasteiger partial charge in [0.25, 0.3) is 0 Å². The van der Waals surface area contributed by atoms with Crippen LogP contribution in [0.4, 0.5) is 4.39 Å². The molecule has 0 aliphatic carbocycles. The summed E-state index contributed by atoms with van der Waals surface area (Å²) < 4.78 is 13.3. The van der Waals surface area contributed by atoms with Crippen molar-refractivity contribution in [2.75, 3.05) is 0 Å². The Morgan fingerprint density at radius 2 is 2.25 bits per heavy atom. The molecule has 0 unspecified atom stereocenters. The fourth-order valence-electron chi connectivity index (χ4n) is 0.667. The molecule has 62 valence electrons. The van der Waals surface area contributed by atoms with Crippen molar-refractivity contribution in [3.8, 4) is 11.8 Å². The predicted octanol–water partition coefficient (Wildman–Crippen LogP) is 2.77. The van der Waals surface area contributed by atoms with E-state index < -0.39 is 11.6 Å². The molecule has 0 aliphatic rings. The van der Waals surface area contributed by atoms with Crippen LogP contribution in [0.2, 0.25) is 0 Å². The van der Waals surface area contributed by atoms with Crippen LogP contribution in [-0.4, -0.2) is 5.11 Å². The third kappa shape index (κ3) is 1.54. The Morgan fingerprint density at radius 1 is 1.67 bits per heavy atom. The molecule has 0 fully saturated rings. The average molecular weight is 342 g/mol. The monoisotopic (exact) mass is 341 g/mol. The first-order valence-corrected chi connectivity index (χ1v) is 4.71. The van der Waals surface area contributed by atoms with E-state index in [2.05, 4.69) is 15.9 Å². The molecule has 5 heteroatoms. The second-order valence-corrected chi connectivity index (χ2v) is 3.95. The average Bonchev–Trinajstić information content (AvgIpc) is 2.08. The summed E-state index contributed by atoms with van der Waals surface area (Å²) in [4.78, 5) is 0. The molecule has 0 spiro atoms. The number of nitrogens with zero attached hydrogens (tertiary/aromatic N) is 1. The zero-order chi connectivity index (χ0) is 9.30. The number of phenolic OH excluding ortho intramolecular Hbond substituents is 1. The molecular weight excluding hydrogens is 340 g/mol. The minimum absolute atomic E-state index is 0.00270. The SMILES string of the molecule is N#Cc1cc(I)c(O)c(F)c1Br. The van der Waals surface area contributed by atoms with E-state index in [4.69, 9.17) is 10.4 Å². The molecule has 2 nitrogen and oxygen atoms in total. The van der Waals surface area contributed by atoms with Crippen molar-refractivity contribution in [3.05, 3.63) is 25.5 Å². The highest BCUT2D eigenvalue weighted by Crippen LogP contribution is 2.31. The zero-order valence-electron chi connectivity index (χ0n) is 5.61. The smallest absolute Gasteiger partial charge is 0.181 e. The summed E-state index contributed by atoms with van der Waals surface area (Å²) in [6.45, 7) is 0. The van der Waals surface area contributed by atoms with Crippen LogP contribution in [0.25, 0.3) is 0 Å². The lowest BCUT2D eigenvalue weighted by Crippen LogP contribution is -1.88. The van der Waals surface area contributed by atoms with Crippen LogP contribution in [0.5, 0.6) is 5.75 Å². The summed E-state index contributed by atoms with van der Waals surface area (Å²) >= 11 is 4.62. The summed E-state index contributed by atoms with van der Waals surface area (Å²) in [5.74, 6) is -1.22. The van der Waals surface area contributed by atoms with Gasteiger partial charge in [0, 0.05) is 0 Å². The quantitative estimate of drug-likeness (QED) is 0.582. The van der Waals surface area contributed by atoms with E-state index in [-0.39, 0.29) is 10.0 Å². The largest absolute Gasteiger partial charge is 0.504 e. The van der Waals surface area contributed by atoms with Gasteiger partial charge in [0.1, 0.15) is 6.07 Å². The number of benzene rings is 1. The summed E-state index contributed by atoms with van der Waals surface area (Å²) in [7, 11) is 0. The molecule has 0 aliphatic heterocycles. The van der Waals surface area contributed by atoms with Crippen molar-refractivity contribution >= 4 is 38.5 Å². The fourth-order valence-corrected chi connectivity index (χ4v) is 1.61. The van der Waals surface area contributed by atoms with E-state index in [1.54, 1.807) is 28.7 Å². The van der Waals surface area contributed by atoms with Gasteiger partial charge in [0.15, 0.2) is 11.6 Å². The van der Waals surface area contributed by atoms with Gasteiger partial charge in [0.05, 0.1) is 13.6 Å². The number of hydrogen-bond donors (Lipinski definition) is 1. The second kappa shape index (κ2) is 3.58. The van der Waals surface area contributed by atoms with Gasteiger partial charge in [-0.1, -0.05) is 0 Å². The normalized spacial score (nSPS) is 9.50. The van der Waals surface area contributed by atoms with E-state index in [9.17, 15) is 4.39 Å². The molecule has 0 radical (unpaired) electrons. The molecule has 1 N–H and O–H groups in total. The fraction of sp³-hybridized carbons (Fsp3) is 0. The third-order valence-electron chi connectivity index (χ3n) is 1.25. The number of halogens is 3. The van der Waals surface area contributed by atoms with Gasteiger partial charge in [-0.3, -0.25) is 0 Å². The summed E-state index contributed by atoms with van der Waals surface area (Å²) in [6.07, 6.45) is 0. The third-order valence-corrected chi connectivity index (χ3v) is 2.85. The maximum Gasteiger partial charge on any atom is 0.181 e. The van der Waals surface area contributed by atoms with Crippen LogP contribution in [0.3, 0.4) is 0 Å². The Morgan fingerprint density at radius 3 is 2.75 bits per heavy atom. The summed E-state index contributed by atoms with van der Waals surface area (Å²) in [5.41, 5.74) is 0.176. The van der Waals surface area contributed by atoms with Crippen molar-refractivity contribution in [3.63, 3.8) is 0 Å². The first-order chi connectivity index (χ1) is 5.57. The van der Waals surface area contributed by atoms with Gasteiger partial charge in [-0.05, 0) is 44.6 Å². The van der Waals surface area contributed by atoms with Crippen molar-refractivity contribution in [2.45, 2.75) is 0 Å². The molecule has 0 heterocycles. The highest BCUT2D eigenvalue weighted by atomic mass is 127. The van der Waals surface area contributed by atoms with Gasteiger partial charge in [-0.2, -0.15) is 5.26 Å². The molecule has 0 aromatic heterocycles. The molecule has 12 heavy (non-hydrogen) atoms. The Balaban J connectivity index is 3.52. The van der Waals surface area contributed by atoms with E-state index in [0.29, 0.717) is 3.57 Å². The molecule has 0 saturated heterocycles. The highest BCUT2D eigenvalue weighted by molar-refractivity contribution is 14.1. The lowest BCUT2D eigenvalue weighted by atomic mass is 10.2. The van der Waals surface area contributed by atoms with Crippen molar-refractivity contribution in [2.24, 2.45) is 0 Å². The first kappa shape index (κ1) is 9.74. The molecule has 0 saturated carbocycles. The molecule has 0 bridgehead atoms. The second-order valence-electron chi connectivity index (χ2n) is 1.99. The topological polar surface area (TPSA) is 44.0 Å². The minimum atomic E-state index is -0.793. The predicted molar refractivity (Wildman–Crippen MR) is 53.2 cm³/mol. The van der Waals surface area contributed by atoms with Gasteiger partial charge < -0.3 is 5.11 Å². The molecule has 1 aromatic carbocycles. The number of aromatic hydroxyl groups is 1. The number of nitriles is 1. The molecule has 0 amide bonds. The molecular formula is C7H2BrFINO. The Labute approximate surface area is 90.3 Å². The van der Waals surface area contributed by atoms with Gasteiger partial charge >= 0.3 is 0 Å². The van der Waals surface area contributed by atoms with Crippen LogP contribution in [0.15, 0.2) is 10.5 Å². The van der Waals surface area contributed by atoms with E-state index >= 15 is 0 Å². The van der Waals surface area contributed by atoms with Crippen molar-refractivity contribution < 1.29 is 9.50 Å². The Hall–Kier alpha value is -0.350. The summed E-state index contributed by atoms with van der Waals surface area (Å²) in [5, 5.41) is 17.6. The number of phenols is 1. The van der Waals surface area contributed by atoms with Gasteiger partial charge in [0.2, 0.25) is 0 Å². The van der Waals surface area contributed by atoms with E-state index in [1.165, 1.54) is 6.07 Å². The lowest BCUT2D eigenvalue weighted by molar-refractivity contribution is 0.426.